The normalized spacial score (nSPS) is 11.6. The zero-order valence-corrected chi connectivity index (χ0v) is 12.5. The van der Waals surface area contributed by atoms with Gasteiger partial charge in [0.05, 0.1) is 23.1 Å². The molecule has 0 unspecified atom stereocenters. The minimum Gasteiger partial charge on any atom is -0.462 e. The molecule has 0 radical (unpaired) electrons. The Kier molecular flexibility index (Phi) is 4.22. The van der Waals surface area contributed by atoms with Crippen molar-refractivity contribution in [2.24, 2.45) is 0 Å². The summed E-state index contributed by atoms with van der Waals surface area (Å²) in [7, 11) is 0. The highest BCUT2D eigenvalue weighted by Crippen LogP contribution is 2.35. The molecule has 106 valence electrons. The van der Waals surface area contributed by atoms with Gasteiger partial charge in [0.1, 0.15) is 0 Å². The number of nitrogens with one attached hydrogen (secondary N) is 1. The van der Waals surface area contributed by atoms with Crippen LogP contribution in [-0.2, 0) is 8.53 Å². The minimum atomic E-state index is -1.83. The number of benzene rings is 1. The maximum atomic E-state index is 12.0. The van der Waals surface area contributed by atoms with Crippen LogP contribution in [0, 0.1) is 0 Å². The summed E-state index contributed by atoms with van der Waals surface area (Å²) in [5.74, 6) is -0.594. The Bertz CT molecular complexity index is 722. The Labute approximate surface area is 128 Å². The summed E-state index contributed by atoms with van der Waals surface area (Å²) >= 11 is 17.0. The third-order valence-electron chi connectivity index (χ3n) is 2.49. The van der Waals surface area contributed by atoms with Crippen molar-refractivity contribution in [1.82, 2.24) is 9.97 Å². The molecule has 0 atom stereocenters. The fraction of sp³-hybridized carbons (Fsp3) is 0.250. The molecule has 0 bridgehead atoms. The summed E-state index contributed by atoms with van der Waals surface area (Å²) < 4.78 is 3.03. The summed E-state index contributed by atoms with van der Waals surface area (Å²) in [6.07, 6.45) is 0. The molecule has 2 rings (SSSR count). The van der Waals surface area contributed by atoms with Crippen LogP contribution < -0.4 is 5.56 Å². The number of ether oxygens (including phenoxy) is 1. The van der Waals surface area contributed by atoms with Crippen molar-refractivity contribution in [2.75, 3.05) is 6.61 Å². The van der Waals surface area contributed by atoms with Gasteiger partial charge in [-0.3, -0.25) is 4.79 Å². The van der Waals surface area contributed by atoms with Crippen LogP contribution in [0.25, 0.3) is 10.9 Å². The predicted octanol–water partition coefficient (Wildman–Crippen LogP) is 2.93. The zero-order valence-electron chi connectivity index (χ0n) is 10.2. The van der Waals surface area contributed by atoms with Gasteiger partial charge in [0.15, 0.2) is 5.82 Å². The van der Waals surface area contributed by atoms with Gasteiger partial charge < -0.3 is 9.72 Å². The molecule has 5 nitrogen and oxygen atoms in total. The average molecular weight is 336 g/mol. The van der Waals surface area contributed by atoms with Crippen molar-refractivity contribution >= 4 is 51.7 Å². The van der Waals surface area contributed by atoms with Crippen molar-refractivity contribution in [1.29, 1.82) is 0 Å². The number of H-pyrrole nitrogens is 1. The maximum absolute atomic E-state index is 12.0. The molecule has 20 heavy (non-hydrogen) atoms. The number of hydrogen-bond acceptors (Lipinski definition) is 4. The standard InChI is InChI=1S/C12H9Cl3N2O3/c1-2-20-10(19)6-3-4-8-7(5-6)9(18)17-11(16-8)12(13,14)15/h3-5H,2H2,1H3,(H,16,17,18). The van der Waals surface area contributed by atoms with E-state index in [-0.39, 0.29) is 23.4 Å². The van der Waals surface area contributed by atoms with Gasteiger partial charge in [0.25, 0.3) is 5.56 Å². The molecule has 0 fully saturated rings. The third kappa shape index (κ3) is 3.06. The molecule has 0 spiro atoms. The summed E-state index contributed by atoms with van der Waals surface area (Å²) in [5, 5.41) is 0.216. The molecular weight excluding hydrogens is 327 g/mol. The summed E-state index contributed by atoms with van der Waals surface area (Å²) in [6.45, 7) is 1.94. The fourth-order valence-electron chi connectivity index (χ4n) is 1.61. The summed E-state index contributed by atoms with van der Waals surface area (Å²) in [5.41, 5.74) is 0.0823. The van der Waals surface area contributed by atoms with E-state index in [0.29, 0.717) is 5.52 Å². The second-order valence-corrected chi connectivity index (χ2v) is 6.15. The molecule has 0 saturated heterocycles. The largest absolute Gasteiger partial charge is 0.462 e. The van der Waals surface area contributed by atoms with Crippen LogP contribution in [-0.4, -0.2) is 22.5 Å². The lowest BCUT2D eigenvalue weighted by molar-refractivity contribution is 0.0526. The van der Waals surface area contributed by atoms with Gasteiger partial charge >= 0.3 is 5.97 Å². The van der Waals surface area contributed by atoms with E-state index in [4.69, 9.17) is 39.5 Å². The highest BCUT2D eigenvalue weighted by Gasteiger charge is 2.26. The number of rotatable bonds is 2. The number of aromatic amines is 1. The van der Waals surface area contributed by atoms with E-state index in [9.17, 15) is 9.59 Å². The molecule has 8 heteroatoms. The predicted molar refractivity (Wildman–Crippen MR) is 77.6 cm³/mol. The minimum absolute atomic E-state index is 0.0797. The molecule has 1 aromatic heterocycles. The lowest BCUT2D eigenvalue weighted by atomic mass is 10.1. The third-order valence-corrected chi connectivity index (χ3v) is 3.02. The molecule has 1 heterocycles. The molecule has 1 aromatic carbocycles. The number of hydrogen-bond donors (Lipinski definition) is 1. The van der Waals surface area contributed by atoms with Gasteiger partial charge in [-0.25, -0.2) is 9.78 Å². The summed E-state index contributed by atoms with van der Waals surface area (Å²) in [6, 6.07) is 4.38. The molecule has 0 aliphatic carbocycles. The van der Waals surface area contributed by atoms with Gasteiger partial charge in [0, 0.05) is 0 Å². The Morgan fingerprint density at radius 2 is 2.10 bits per heavy atom. The van der Waals surface area contributed by atoms with E-state index in [1.165, 1.54) is 18.2 Å². The van der Waals surface area contributed by atoms with Crippen molar-refractivity contribution in [3.8, 4) is 0 Å². The lowest BCUT2D eigenvalue weighted by Crippen LogP contribution is -2.17. The van der Waals surface area contributed by atoms with Crippen molar-refractivity contribution < 1.29 is 9.53 Å². The van der Waals surface area contributed by atoms with Crippen LogP contribution in [0.5, 0.6) is 0 Å². The Morgan fingerprint density at radius 3 is 2.70 bits per heavy atom. The second-order valence-electron chi connectivity index (χ2n) is 3.86. The number of halogens is 3. The fourth-order valence-corrected chi connectivity index (χ4v) is 1.88. The Hall–Kier alpha value is -1.30. The van der Waals surface area contributed by atoms with Crippen LogP contribution >= 0.6 is 34.8 Å². The summed E-state index contributed by atoms with van der Waals surface area (Å²) in [4.78, 5) is 30.0. The number of fused-ring (bicyclic) bond motifs is 1. The maximum Gasteiger partial charge on any atom is 0.338 e. The van der Waals surface area contributed by atoms with Crippen molar-refractivity contribution in [3.63, 3.8) is 0 Å². The highest BCUT2D eigenvalue weighted by molar-refractivity contribution is 6.66. The smallest absolute Gasteiger partial charge is 0.338 e. The molecule has 1 N–H and O–H groups in total. The first kappa shape index (κ1) is 15.1. The van der Waals surface area contributed by atoms with Crippen LogP contribution in [0.2, 0.25) is 0 Å². The van der Waals surface area contributed by atoms with Crippen LogP contribution in [0.4, 0.5) is 0 Å². The quantitative estimate of drug-likeness (QED) is 0.676. The Morgan fingerprint density at radius 1 is 1.40 bits per heavy atom. The average Bonchev–Trinajstić information content (AvgIpc) is 2.37. The number of nitrogens with zero attached hydrogens (tertiary/aromatic N) is 1. The zero-order chi connectivity index (χ0) is 14.9. The number of carbonyl (C=O) groups excluding carboxylic acids is 1. The lowest BCUT2D eigenvalue weighted by Gasteiger charge is -2.10. The van der Waals surface area contributed by atoms with Crippen LogP contribution in [0.1, 0.15) is 23.1 Å². The first-order valence-corrected chi connectivity index (χ1v) is 6.74. The van der Waals surface area contributed by atoms with E-state index in [2.05, 4.69) is 9.97 Å². The topological polar surface area (TPSA) is 72.0 Å². The highest BCUT2D eigenvalue weighted by atomic mass is 35.6. The van der Waals surface area contributed by atoms with E-state index in [1.807, 2.05) is 0 Å². The number of esters is 1. The van der Waals surface area contributed by atoms with Crippen molar-refractivity contribution in [3.05, 3.63) is 39.9 Å². The monoisotopic (exact) mass is 334 g/mol. The number of aromatic nitrogens is 2. The first-order valence-electron chi connectivity index (χ1n) is 5.61. The molecule has 2 aromatic rings. The van der Waals surface area contributed by atoms with E-state index >= 15 is 0 Å². The first-order chi connectivity index (χ1) is 9.32. The van der Waals surface area contributed by atoms with Gasteiger partial charge in [0.2, 0.25) is 3.79 Å². The van der Waals surface area contributed by atoms with E-state index < -0.39 is 15.3 Å². The Balaban J connectivity index is 2.58. The molecule has 0 aliphatic heterocycles. The van der Waals surface area contributed by atoms with Crippen LogP contribution in [0.15, 0.2) is 23.0 Å². The molecule has 0 amide bonds. The molecule has 0 aliphatic rings. The number of alkyl halides is 3. The van der Waals surface area contributed by atoms with E-state index in [0.717, 1.165) is 0 Å². The SMILES string of the molecule is CCOC(=O)c1ccc2nc(C(Cl)(Cl)Cl)[nH]c(=O)c2c1. The van der Waals surface area contributed by atoms with Gasteiger partial charge in [-0.15, -0.1) is 0 Å². The molecular formula is C12H9Cl3N2O3. The molecule has 0 saturated carbocycles. The number of carbonyl (C=O) groups is 1. The van der Waals surface area contributed by atoms with Gasteiger partial charge in [-0.1, -0.05) is 34.8 Å². The van der Waals surface area contributed by atoms with Gasteiger partial charge in [-0.2, -0.15) is 0 Å². The second kappa shape index (κ2) is 5.60. The van der Waals surface area contributed by atoms with E-state index in [1.54, 1.807) is 6.92 Å². The van der Waals surface area contributed by atoms with Crippen LogP contribution in [0.3, 0.4) is 0 Å². The van der Waals surface area contributed by atoms with Crippen molar-refractivity contribution in [2.45, 2.75) is 10.7 Å². The van der Waals surface area contributed by atoms with Gasteiger partial charge in [-0.05, 0) is 25.1 Å².